The van der Waals surface area contributed by atoms with E-state index in [1.807, 2.05) is 36.1 Å². The maximum Gasteiger partial charge on any atom is 0.224 e. The van der Waals surface area contributed by atoms with Crippen LogP contribution in [0.25, 0.3) is 0 Å². The Morgan fingerprint density at radius 1 is 1.29 bits per heavy atom. The van der Waals surface area contributed by atoms with Crippen LogP contribution in [0.1, 0.15) is 38.7 Å². The van der Waals surface area contributed by atoms with Gasteiger partial charge in [0.1, 0.15) is 17.9 Å². The summed E-state index contributed by atoms with van der Waals surface area (Å²) in [6, 6.07) is 7.50. The molecule has 0 bridgehead atoms. The topological polar surface area (TPSA) is 58.6 Å². The third kappa shape index (κ3) is 4.93. The molecule has 0 unspecified atom stereocenters. The smallest absolute Gasteiger partial charge is 0.224 e. The third-order valence-electron chi connectivity index (χ3n) is 5.00. The Bertz CT molecular complexity index is 830. The summed E-state index contributed by atoms with van der Waals surface area (Å²) < 4.78 is 5.88. The zero-order chi connectivity index (χ0) is 20.1. The average molecular weight is 403 g/mol. The molecule has 6 nitrogen and oxygen atoms in total. The second-order valence-electron chi connectivity index (χ2n) is 7.21. The maximum atomic E-state index is 12.4. The van der Waals surface area contributed by atoms with Gasteiger partial charge in [-0.3, -0.25) is 4.79 Å². The molecular weight excluding hydrogens is 376 g/mol. The Morgan fingerprint density at radius 2 is 2.11 bits per heavy atom. The normalized spacial score (nSPS) is 16.9. The van der Waals surface area contributed by atoms with E-state index in [0.29, 0.717) is 29.6 Å². The molecule has 28 heavy (non-hydrogen) atoms. The molecule has 7 heteroatoms. The zero-order valence-electron chi connectivity index (χ0n) is 16.7. The van der Waals surface area contributed by atoms with Gasteiger partial charge in [-0.2, -0.15) is 0 Å². The summed E-state index contributed by atoms with van der Waals surface area (Å²) in [7, 11) is 0. The second kappa shape index (κ2) is 9.24. The highest BCUT2D eigenvalue weighted by atomic mass is 35.5. The molecule has 1 aliphatic rings. The highest BCUT2D eigenvalue weighted by molar-refractivity contribution is 6.31. The van der Waals surface area contributed by atoms with Gasteiger partial charge >= 0.3 is 0 Å². The van der Waals surface area contributed by atoms with Crippen molar-refractivity contribution in [3.8, 4) is 11.6 Å². The van der Waals surface area contributed by atoms with E-state index in [0.717, 1.165) is 37.3 Å². The second-order valence-corrected chi connectivity index (χ2v) is 7.62. The number of piperazine rings is 1. The molecule has 3 rings (SSSR count). The monoisotopic (exact) mass is 402 g/mol. The number of benzene rings is 1. The van der Waals surface area contributed by atoms with Crippen molar-refractivity contribution in [2.45, 2.75) is 46.1 Å². The van der Waals surface area contributed by atoms with Gasteiger partial charge in [0.15, 0.2) is 0 Å². The Balaban J connectivity index is 1.66. The number of unbranched alkanes of at least 4 members (excludes halogenated alkanes) is 1. The molecule has 2 aromatic rings. The van der Waals surface area contributed by atoms with Gasteiger partial charge in [-0.05, 0) is 44.0 Å². The first-order chi connectivity index (χ1) is 13.5. The summed E-state index contributed by atoms with van der Waals surface area (Å²) in [5.41, 5.74) is 0.950. The fourth-order valence-corrected chi connectivity index (χ4v) is 3.49. The SMILES string of the molecule is CCCCC(=O)N1CCN(c2cc(Oc3ccc(Cl)c(C)c3)ncn2)C[C@H]1C. The van der Waals surface area contributed by atoms with Crippen LogP contribution in [-0.4, -0.2) is 46.5 Å². The fourth-order valence-electron chi connectivity index (χ4n) is 3.37. The predicted octanol–water partition coefficient (Wildman–Crippen LogP) is 4.46. The van der Waals surface area contributed by atoms with Crippen LogP contribution in [0.2, 0.25) is 5.02 Å². The van der Waals surface area contributed by atoms with Crippen LogP contribution in [0, 0.1) is 6.92 Å². The van der Waals surface area contributed by atoms with Crippen LogP contribution in [0.4, 0.5) is 5.82 Å². The lowest BCUT2D eigenvalue weighted by atomic mass is 10.1. The molecule has 0 spiro atoms. The lowest BCUT2D eigenvalue weighted by Gasteiger charge is -2.40. The van der Waals surface area contributed by atoms with Gasteiger partial charge in [-0.1, -0.05) is 24.9 Å². The minimum absolute atomic E-state index is 0.149. The standard InChI is InChI=1S/C21H27ClN4O2/c1-4-5-6-21(27)26-10-9-25(13-16(26)3)19-12-20(24-14-23-19)28-17-7-8-18(22)15(2)11-17/h7-8,11-12,14,16H,4-6,9-10,13H2,1-3H3/t16-/m1/s1. The highest BCUT2D eigenvalue weighted by Crippen LogP contribution is 2.27. The van der Waals surface area contributed by atoms with Gasteiger partial charge in [0, 0.05) is 43.2 Å². The number of hydrogen-bond acceptors (Lipinski definition) is 5. The molecule has 2 heterocycles. The number of ether oxygens (including phenoxy) is 1. The van der Waals surface area contributed by atoms with Crippen LogP contribution in [0.5, 0.6) is 11.6 Å². The molecule has 1 amide bonds. The minimum Gasteiger partial charge on any atom is -0.439 e. The Hall–Kier alpha value is -2.34. The number of anilines is 1. The van der Waals surface area contributed by atoms with Crippen LogP contribution in [-0.2, 0) is 4.79 Å². The van der Waals surface area contributed by atoms with Crippen molar-refractivity contribution in [2.24, 2.45) is 0 Å². The molecule has 0 radical (unpaired) electrons. The Kier molecular flexibility index (Phi) is 6.73. The van der Waals surface area contributed by atoms with Gasteiger partial charge in [-0.15, -0.1) is 0 Å². The van der Waals surface area contributed by atoms with E-state index in [1.54, 1.807) is 0 Å². The highest BCUT2D eigenvalue weighted by Gasteiger charge is 2.27. The summed E-state index contributed by atoms with van der Waals surface area (Å²) in [6.45, 7) is 8.33. The summed E-state index contributed by atoms with van der Waals surface area (Å²) in [4.78, 5) is 25.2. The van der Waals surface area contributed by atoms with E-state index in [4.69, 9.17) is 16.3 Å². The van der Waals surface area contributed by atoms with E-state index in [-0.39, 0.29) is 11.9 Å². The number of halogens is 1. The summed E-state index contributed by atoms with van der Waals surface area (Å²) in [6.07, 6.45) is 4.13. The third-order valence-corrected chi connectivity index (χ3v) is 5.42. The van der Waals surface area contributed by atoms with Crippen molar-refractivity contribution in [1.29, 1.82) is 0 Å². The van der Waals surface area contributed by atoms with Crippen LogP contribution in [0.3, 0.4) is 0 Å². The molecule has 1 atom stereocenters. The average Bonchev–Trinajstić information content (AvgIpc) is 2.69. The first kappa shape index (κ1) is 20.4. The fraction of sp³-hybridized carbons (Fsp3) is 0.476. The van der Waals surface area contributed by atoms with Crippen molar-refractivity contribution < 1.29 is 9.53 Å². The van der Waals surface area contributed by atoms with Gasteiger partial charge in [0.25, 0.3) is 0 Å². The van der Waals surface area contributed by atoms with E-state index >= 15 is 0 Å². The van der Waals surface area contributed by atoms with Crippen molar-refractivity contribution in [2.75, 3.05) is 24.5 Å². The van der Waals surface area contributed by atoms with E-state index in [2.05, 4.69) is 28.7 Å². The molecule has 0 N–H and O–H groups in total. The van der Waals surface area contributed by atoms with E-state index in [9.17, 15) is 4.79 Å². The number of aryl methyl sites for hydroxylation is 1. The maximum absolute atomic E-state index is 12.4. The zero-order valence-corrected chi connectivity index (χ0v) is 17.4. The van der Waals surface area contributed by atoms with Crippen molar-refractivity contribution in [3.05, 3.63) is 41.2 Å². The number of hydrogen-bond donors (Lipinski definition) is 0. The first-order valence-electron chi connectivity index (χ1n) is 9.78. The number of nitrogens with zero attached hydrogens (tertiary/aromatic N) is 4. The van der Waals surface area contributed by atoms with Gasteiger partial charge < -0.3 is 14.5 Å². The molecule has 1 aromatic carbocycles. The lowest BCUT2D eigenvalue weighted by molar-refractivity contribution is -0.133. The van der Waals surface area contributed by atoms with Gasteiger partial charge in [0.05, 0.1) is 0 Å². The number of aromatic nitrogens is 2. The lowest BCUT2D eigenvalue weighted by Crippen LogP contribution is -2.54. The molecule has 0 aliphatic carbocycles. The van der Waals surface area contributed by atoms with Crippen LogP contribution >= 0.6 is 11.6 Å². The van der Waals surface area contributed by atoms with Gasteiger partial charge in [0.2, 0.25) is 11.8 Å². The van der Waals surface area contributed by atoms with Gasteiger partial charge in [-0.25, -0.2) is 9.97 Å². The number of rotatable bonds is 6. The number of amides is 1. The van der Waals surface area contributed by atoms with E-state index < -0.39 is 0 Å². The molecule has 150 valence electrons. The number of carbonyl (C=O) groups is 1. The largest absolute Gasteiger partial charge is 0.439 e. The van der Waals surface area contributed by atoms with Crippen molar-refractivity contribution >= 4 is 23.3 Å². The number of carbonyl (C=O) groups excluding carboxylic acids is 1. The minimum atomic E-state index is 0.149. The molecule has 1 fully saturated rings. The summed E-state index contributed by atoms with van der Waals surface area (Å²) in [5, 5.41) is 0.705. The predicted molar refractivity (Wildman–Crippen MR) is 111 cm³/mol. The molecule has 0 saturated carbocycles. The van der Waals surface area contributed by atoms with Crippen molar-refractivity contribution in [3.63, 3.8) is 0 Å². The molecular formula is C21H27ClN4O2. The summed E-state index contributed by atoms with van der Waals surface area (Å²) >= 11 is 6.07. The Labute approximate surface area is 171 Å². The Morgan fingerprint density at radius 3 is 2.82 bits per heavy atom. The van der Waals surface area contributed by atoms with E-state index in [1.165, 1.54) is 6.33 Å². The molecule has 1 aliphatic heterocycles. The quantitative estimate of drug-likeness (QED) is 0.714. The van der Waals surface area contributed by atoms with Crippen molar-refractivity contribution in [1.82, 2.24) is 14.9 Å². The summed E-state index contributed by atoms with van der Waals surface area (Å²) in [5.74, 6) is 2.23. The first-order valence-corrected chi connectivity index (χ1v) is 10.2. The van der Waals surface area contributed by atoms with Crippen LogP contribution < -0.4 is 9.64 Å². The molecule has 1 aromatic heterocycles. The van der Waals surface area contributed by atoms with Crippen LogP contribution in [0.15, 0.2) is 30.6 Å². The molecule has 1 saturated heterocycles.